The summed E-state index contributed by atoms with van der Waals surface area (Å²) >= 11 is 0. The molecular formula is C27H35F3O3. The Morgan fingerprint density at radius 1 is 0.788 bits per heavy atom. The van der Waals surface area contributed by atoms with Gasteiger partial charge in [-0.15, -0.1) is 0 Å². The Kier molecular flexibility index (Phi) is 11.8. The van der Waals surface area contributed by atoms with Crippen LogP contribution >= 0.6 is 0 Å². The topological polar surface area (TPSA) is 35.5 Å². The molecule has 2 rings (SSSR count). The van der Waals surface area contributed by atoms with Gasteiger partial charge in [0.1, 0.15) is 11.6 Å². The molecule has 6 heteroatoms. The summed E-state index contributed by atoms with van der Waals surface area (Å²) in [7, 11) is 0. The van der Waals surface area contributed by atoms with Gasteiger partial charge in [0.15, 0.2) is 11.6 Å². The van der Waals surface area contributed by atoms with Crippen LogP contribution in [0.25, 0.3) is 0 Å². The van der Waals surface area contributed by atoms with Crippen molar-refractivity contribution in [1.29, 1.82) is 0 Å². The first-order valence-corrected chi connectivity index (χ1v) is 12.1. The number of aryl methyl sites for hydroxylation is 1. The second kappa shape index (κ2) is 14.6. The summed E-state index contributed by atoms with van der Waals surface area (Å²) in [5, 5.41) is 0. The van der Waals surface area contributed by atoms with Crippen LogP contribution in [0.1, 0.15) is 94.0 Å². The highest BCUT2D eigenvalue weighted by atomic mass is 19.2. The van der Waals surface area contributed by atoms with Crippen molar-refractivity contribution in [3.8, 4) is 11.5 Å². The van der Waals surface area contributed by atoms with Gasteiger partial charge in [-0.1, -0.05) is 71.3 Å². The van der Waals surface area contributed by atoms with E-state index in [4.69, 9.17) is 9.47 Å². The van der Waals surface area contributed by atoms with Gasteiger partial charge in [-0.3, -0.25) is 0 Å². The molecule has 0 saturated carbocycles. The molecular weight excluding hydrogens is 429 g/mol. The predicted molar refractivity (Wildman–Crippen MR) is 124 cm³/mol. The number of carbonyl (C=O) groups excluding carboxylic acids is 1. The third kappa shape index (κ3) is 8.75. The van der Waals surface area contributed by atoms with E-state index in [9.17, 15) is 18.0 Å². The van der Waals surface area contributed by atoms with Gasteiger partial charge in [0.25, 0.3) is 0 Å². The minimum Gasteiger partial charge on any atom is -0.493 e. The third-order valence-corrected chi connectivity index (χ3v) is 5.56. The van der Waals surface area contributed by atoms with Crippen LogP contribution in [0.5, 0.6) is 11.5 Å². The first kappa shape index (κ1) is 26.7. The summed E-state index contributed by atoms with van der Waals surface area (Å²) in [5.74, 6) is -4.46. The highest BCUT2D eigenvalue weighted by Crippen LogP contribution is 2.26. The van der Waals surface area contributed by atoms with Gasteiger partial charge in [0.05, 0.1) is 12.2 Å². The van der Waals surface area contributed by atoms with Crippen LogP contribution in [0.3, 0.4) is 0 Å². The number of hydrogen-bond acceptors (Lipinski definition) is 3. The van der Waals surface area contributed by atoms with Crippen molar-refractivity contribution in [1.82, 2.24) is 0 Å². The maximum absolute atomic E-state index is 14.5. The molecule has 2 aromatic rings. The average Bonchev–Trinajstić information content (AvgIpc) is 2.80. The fourth-order valence-electron chi connectivity index (χ4n) is 3.56. The third-order valence-electron chi connectivity index (χ3n) is 5.56. The SMILES string of the molecule is CCCCCCCCCc1ccc(OC(=O)c2ccc(OCCCCC)cc2F)c(F)c1F. The molecule has 0 spiro atoms. The maximum atomic E-state index is 14.5. The Labute approximate surface area is 195 Å². The normalized spacial score (nSPS) is 10.9. The van der Waals surface area contributed by atoms with Crippen LogP contribution < -0.4 is 9.47 Å². The van der Waals surface area contributed by atoms with E-state index < -0.39 is 29.2 Å². The number of halogens is 3. The Balaban J connectivity index is 1.92. The molecule has 0 atom stereocenters. The molecule has 0 aliphatic rings. The Bertz CT molecular complexity index is 883. The number of unbranched alkanes of at least 4 members (excludes halogenated alkanes) is 8. The van der Waals surface area contributed by atoms with E-state index in [-0.39, 0.29) is 11.1 Å². The average molecular weight is 465 g/mol. The zero-order valence-electron chi connectivity index (χ0n) is 19.7. The molecule has 0 N–H and O–H groups in total. The molecule has 0 bridgehead atoms. The van der Waals surface area contributed by atoms with Gasteiger partial charge >= 0.3 is 5.97 Å². The molecule has 0 radical (unpaired) electrons. The number of rotatable bonds is 15. The molecule has 0 aliphatic heterocycles. The lowest BCUT2D eigenvalue weighted by atomic mass is 10.0. The summed E-state index contributed by atoms with van der Waals surface area (Å²) in [6, 6.07) is 6.40. The number of carbonyl (C=O) groups is 1. The first-order chi connectivity index (χ1) is 16.0. The standard InChI is InChI=1S/C27H35F3O3/c1-3-5-7-8-9-10-11-13-20-14-17-24(26(30)25(20)29)33-27(31)22-16-15-21(19-23(22)28)32-18-12-6-4-2/h14-17,19H,3-13,18H2,1-2H3. The maximum Gasteiger partial charge on any atom is 0.346 e. The van der Waals surface area contributed by atoms with Gasteiger partial charge in [-0.25, -0.2) is 13.6 Å². The minimum atomic E-state index is -1.24. The lowest BCUT2D eigenvalue weighted by Gasteiger charge is -2.11. The van der Waals surface area contributed by atoms with E-state index in [2.05, 4.69) is 13.8 Å². The van der Waals surface area contributed by atoms with E-state index in [1.807, 2.05) is 0 Å². The van der Waals surface area contributed by atoms with Crippen LogP contribution in [0.4, 0.5) is 13.2 Å². The van der Waals surface area contributed by atoms with Crippen molar-refractivity contribution in [3.05, 3.63) is 58.9 Å². The van der Waals surface area contributed by atoms with E-state index in [1.54, 1.807) is 0 Å². The predicted octanol–water partition coefficient (Wildman–Crippen LogP) is 8.19. The van der Waals surface area contributed by atoms with E-state index in [0.717, 1.165) is 51.0 Å². The summed E-state index contributed by atoms with van der Waals surface area (Å²) in [6.07, 6.45) is 10.9. The van der Waals surface area contributed by atoms with E-state index in [1.165, 1.54) is 43.5 Å². The number of esters is 1. The zero-order chi connectivity index (χ0) is 24.1. The van der Waals surface area contributed by atoms with Crippen molar-refractivity contribution >= 4 is 5.97 Å². The Morgan fingerprint density at radius 3 is 2.15 bits per heavy atom. The minimum absolute atomic E-state index is 0.247. The molecule has 182 valence electrons. The number of ether oxygens (including phenoxy) is 2. The fraction of sp³-hybridized carbons (Fsp3) is 0.519. The quantitative estimate of drug-likeness (QED) is 0.151. The molecule has 0 fully saturated rings. The van der Waals surface area contributed by atoms with Crippen molar-refractivity contribution < 1.29 is 27.4 Å². The molecule has 33 heavy (non-hydrogen) atoms. The molecule has 0 aliphatic carbocycles. The van der Waals surface area contributed by atoms with Crippen LogP contribution in [-0.4, -0.2) is 12.6 Å². The Morgan fingerprint density at radius 2 is 1.45 bits per heavy atom. The first-order valence-electron chi connectivity index (χ1n) is 12.1. The summed E-state index contributed by atoms with van der Waals surface area (Å²) in [6.45, 7) is 4.68. The molecule has 3 nitrogen and oxygen atoms in total. The van der Waals surface area contributed by atoms with Crippen molar-refractivity contribution in [3.63, 3.8) is 0 Å². The molecule has 0 heterocycles. The molecule has 0 aromatic heterocycles. The van der Waals surface area contributed by atoms with Crippen molar-refractivity contribution in [2.75, 3.05) is 6.61 Å². The monoisotopic (exact) mass is 464 g/mol. The molecule has 0 saturated heterocycles. The van der Waals surface area contributed by atoms with Crippen molar-refractivity contribution in [2.45, 2.75) is 84.5 Å². The zero-order valence-corrected chi connectivity index (χ0v) is 19.7. The van der Waals surface area contributed by atoms with Crippen LogP contribution in [0.2, 0.25) is 0 Å². The summed E-state index contributed by atoms with van der Waals surface area (Å²) < 4.78 is 53.6. The van der Waals surface area contributed by atoms with E-state index >= 15 is 0 Å². The molecule has 0 unspecified atom stereocenters. The fourth-order valence-corrected chi connectivity index (χ4v) is 3.56. The lowest BCUT2D eigenvalue weighted by Crippen LogP contribution is -2.13. The van der Waals surface area contributed by atoms with Crippen molar-refractivity contribution in [2.24, 2.45) is 0 Å². The van der Waals surface area contributed by atoms with Gasteiger partial charge < -0.3 is 9.47 Å². The number of benzene rings is 2. The smallest absolute Gasteiger partial charge is 0.346 e. The molecule has 0 amide bonds. The van der Waals surface area contributed by atoms with Crippen LogP contribution in [0, 0.1) is 17.5 Å². The second-order valence-electron chi connectivity index (χ2n) is 8.31. The van der Waals surface area contributed by atoms with Crippen LogP contribution in [-0.2, 0) is 6.42 Å². The van der Waals surface area contributed by atoms with Crippen LogP contribution in [0.15, 0.2) is 30.3 Å². The van der Waals surface area contributed by atoms with Gasteiger partial charge in [0, 0.05) is 6.07 Å². The van der Waals surface area contributed by atoms with E-state index in [0.29, 0.717) is 18.8 Å². The summed E-state index contributed by atoms with van der Waals surface area (Å²) in [5.41, 5.74) is -0.125. The van der Waals surface area contributed by atoms with Gasteiger partial charge in [-0.05, 0) is 43.0 Å². The second-order valence-corrected chi connectivity index (χ2v) is 8.31. The number of hydrogen-bond donors (Lipinski definition) is 0. The van der Waals surface area contributed by atoms with Gasteiger partial charge in [0.2, 0.25) is 5.82 Å². The highest BCUT2D eigenvalue weighted by Gasteiger charge is 2.20. The van der Waals surface area contributed by atoms with Gasteiger partial charge in [-0.2, -0.15) is 4.39 Å². The lowest BCUT2D eigenvalue weighted by molar-refractivity contribution is 0.0721. The summed E-state index contributed by atoms with van der Waals surface area (Å²) in [4.78, 5) is 12.3. The molecule has 2 aromatic carbocycles. The Hall–Kier alpha value is -2.50. The highest BCUT2D eigenvalue weighted by molar-refractivity contribution is 5.91. The largest absolute Gasteiger partial charge is 0.493 e.